The summed E-state index contributed by atoms with van der Waals surface area (Å²) in [5.41, 5.74) is 0. The van der Waals surface area contributed by atoms with Crippen LogP contribution in [0, 0.1) is 27.7 Å². The number of unbranched alkanes of at least 4 members (excludes halogenated alkanes) is 12. The number of hydrogen-bond acceptors (Lipinski definition) is 0. The van der Waals surface area contributed by atoms with Gasteiger partial charge in [0.05, 0.1) is 0 Å². The van der Waals surface area contributed by atoms with Crippen LogP contribution in [-0.2, 0) is 0 Å². The van der Waals surface area contributed by atoms with E-state index < -0.39 is 0 Å². The Bertz CT molecular complexity index is 114. The maximum Gasteiger partial charge on any atom is 2.00 e. The minimum Gasteiger partial charge on any atom is -0.343 e. The molecule has 0 atom stereocenters. The summed E-state index contributed by atoms with van der Waals surface area (Å²) in [4.78, 5) is 0. The van der Waals surface area contributed by atoms with Crippen LogP contribution in [-0.4, -0.2) is 46.1 Å². The van der Waals surface area contributed by atoms with Crippen molar-refractivity contribution in [2.75, 3.05) is 0 Å². The van der Waals surface area contributed by atoms with Gasteiger partial charge in [-0.1, -0.05) is 105 Å². The van der Waals surface area contributed by atoms with E-state index in [4.69, 9.17) is 0 Å². The molecular formula is C24H52Mg2. The zero-order valence-corrected chi connectivity index (χ0v) is 22.4. The molecule has 0 radical (unpaired) electrons. The van der Waals surface area contributed by atoms with Crippen molar-refractivity contribution in [2.24, 2.45) is 0 Å². The van der Waals surface area contributed by atoms with Gasteiger partial charge in [-0.25, -0.2) is 0 Å². The molecule has 0 rings (SSSR count). The van der Waals surface area contributed by atoms with Crippen LogP contribution >= 0.6 is 0 Å². The average molecular weight is 389 g/mol. The van der Waals surface area contributed by atoms with Gasteiger partial charge >= 0.3 is 46.1 Å². The van der Waals surface area contributed by atoms with E-state index in [1.165, 1.54) is 77.0 Å². The van der Waals surface area contributed by atoms with E-state index in [1.807, 2.05) is 0 Å². The molecule has 0 aromatic carbocycles. The van der Waals surface area contributed by atoms with E-state index >= 15 is 0 Å². The van der Waals surface area contributed by atoms with Crippen molar-refractivity contribution < 1.29 is 0 Å². The molecule has 2 heteroatoms. The molecule has 0 unspecified atom stereocenters. The monoisotopic (exact) mass is 388 g/mol. The van der Waals surface area contributed by atoms with E-state index in [0.29, 0.717) is 0 Å². The summed E-state index contributed by atoms with van der Waals surface area (Å²) in [6.45, 7) is 23.6. The zero-order chi connectivity index (χ0) is 19.3. The van der Waals surface area contributed by atoms with E-state index in [1.54, 1.807) is 0 Å². The van der Waals surface area contributed by atoms with E-state index in [2.05, 4.69) is 55.4 Å². The van der Waals surface area contributed by atoms with Crippen molar-refractivity contribution in [2.45, 2.75) is 130 Å². The maximum absolute atomic E-state index is 3.78. The van der Waals surface area contributed by atoms with Crippen LogP contribution in [0.3, 0.4) is 0 Å². The third-order valence-corrected chi connectivity index (χ3v) is 3.41. The molecule has 0 aliphatic carbocycles. The zero-order valence-electron chi connectivity index (χ0n) is 19.6. The normalized spacial score (nSPS) is 8.31. The first kappa shape index (κ1) is 41.8. The van der Waals surface area contributed by atoms with Gasteiger partial charge in [0.25, 0.3) is 0 Å². The molecule has 0 saturated heterocycles. The minimum absolute atomic E-state index is 0. The van der Waals surface area contributed by atoms with Crippen LogP contribution in [0.25, 0.3) is 0 Å². The van der Waals surface area contributed by atoms with Gasteiger partial charge in [-0.15, -0.1) is 0 Å². The summed E-state index contributed by atoms with van der Waals surface area (Å²) < 4.78 is 0. The molecule has 0 N–H and O–H groups in total. The van der Waals surface area contributed by atoms with Gasteiger partial charge in [0.15, 0.2) is 0 Å². The Hall–Kier alpha value is 1.53. The molecule has 0 nitrogen and oxygen atoms in total. The van der Waals surface area contributed by atoms with Crippen molar-refractivity contribution in [1.29, 1.82) is 0 Å². The van der Waals surface area contributed by atoms with Crippen molar-refractivity contribution in [3.8, 4) is 0 Å². The van der Waals surface area contributed by atoms with E-state index in [-0.39, 0.29) is 46.1 Å². The molecule has 0 spiro atoms. The third-order valence-electron chi connectivity index (χ3n) is 3.41. The SMILES string of the molecule is [CH2-]CCC.[CH2-]CCCCC.[CH2-]CCCCC.[CH2-]CCCCCCC.[Mg+2].[Mg+2]. The van der Waals surface area contributed by atoms with Crippen LogP contribution in [0.4, 0.5) is 0 Å². The molecule has 0 aromatic rings. The van der Waals surface area contributed by atoms with Gasteiger partial charge in [-0.2, -0.15) is 25.7 Å². The molecule has 152 valence electrons. The fourth-order valence-electron chi connectivity index (χ4n) is 1.63. The van der Waals surface area contributed by atoms with Crippen molar-refractivity contribution in [1.82, 2.24) is 0 Å². The van der Waals surface area contributed by atoms with Gasteiger partial charge in [0, 0.05) is 0 Å². The van der Waals surface area contributed by atoms with Gasteiger partial charge in [0.2, 0.25) is 0 Å². The van der Waals surface area contributed by atoms with Crippen molar-refractivity contribution in [3.05, 3.63) is 27.7 Å². The molecule has 26 heavy (non-hydrogen) atoms. The standard InChI is InChI=1S/C8H17.2C6H13.C4H9.2Mg/c1-3-5-7-8-6-4-2;2*1-3-5-6-4-2;1-3-4-2;;/h1,3-8H2,2H3;2*1,3-6H2,2H3;1,3-4H2,2H3;;/q4*-1;2*+2. The Morgan fingerprint density at radius 2 is 0.577 bits per heavy atom. The summed E-state index contributed by atoms with van der Waals surface area (Å²) >= 11 is 0. The first-order chi connectivity index (χ1) is 11.7. The first-order valence-electron chi connectivity index (χ1n) is 10.8. The Labute approximate surface area is 203 Å². The fourth-order valence-corrected chi connectivity index (χ4v) is 1.63. The topological polar surface area (TPSA) is 0 Å². The summed E-state index contributed by atoms with van der Waals surface area (Å²) in [5.74, 6) is 0. The first-order valence-corrected chi connectivity index (χ1v) is 10.8. The summed E-state index contributed by atoms with van der Waals surface area (Å²) in [5, 5.41) is 0. The van der Waals surface area contributed by atoms with Crippen LogP contribution in [0.15, 0.2) is 0 Å². The van der Waals surface area contributed by atoms with Gasteiger partial charge in [0.1, 0.15) is 0 Å². The Morgan fingerprint density at radius 3 is 0.769 bits per heavy atom. The van der Waals surface area contributed by atoms with Crippen LogP contribution in [0.2, 0.25) is 0 Å². The smallest absolute Gasteiger partial charge is 0.343 e. The molecular weight excluding hydrogens is 337 g/mol. The predicted molar refractivity (Wildman–Crippen MR) is 130 cm³/mol. The molecule has 0 saturated carbocycles. The van der Waals surface area contributed by atoms with Gasteiger partial charge in [-0.3, -0.25) is 0 Å². The molecule has 0 heterocycles. The van der Waals surface area contributed by atoms with Crippen LogP contribution < -0.4 is 0 Å². The quantitative estimate of drug-likeness (QED) is 0.178. The second kappa shape index (κ2) is 56.3. The predicted octanol–water partition coefficient (Wildman–Crippen LogP) is 8.84. The Balaban J connectivity index is -0.0000000513. The Morgan fingerprint density at radius 1 is 0.346 bits per heavy atom. The van der Waals surface area contributed by atoms with Gasteiger partial charge < -0.3 is 27.7 Å². The van der Waals surface area contributed by atoms with Crippen molar-refractivity contribution >= 4 is 46.1 Å². The summed E-state index contributed by atoms with van der Waals surface area (Å²) in [7, 11) is 0. The summed E-state index contributed by atoms with van der Waals surface area (Å²) in [6.07, 6.45) is 20.4. The third kappa shape index (κ3) is 83.9. The van der Waals surface area contributed by atoms with E-state index in [9.17, 15) is 0 Å². The number of hydrogen-bond donors (Lipinski definition) is 0. The molecule has 0 aliphatic rings. The average Bonchev–Trinajstić information content (AvgIpc) is 2.63. The molecule has 0 fully saturated rings. The number of rotatable bonds is 12. The second-order valence-corrected chi connectivity index (χ2v) is 6.24. The molecule has 0 aromatic heterocycles. The van der Waals surface area contributed by atoms with Crippen LogP contribution in [0.1, 0.15) is 130 Å². The minimum atomic E-state index is 0. The maximum atomic E-state index is 3.78. The Kier molecular flexibility index (Phi) is 90.5. The van der Waals surface area contributed by atoms with Crippen molar-refractivity contribution in [3.63, 3.8) is 0 Å². The second-order valence-electron chi connectivity index (χ2n) is 6.24. The van der Waals surface area contributed by atoms with Crippen LogP contribution in [0.5, 0.6) is 0 Å². The molecule has 0 aliphatic heterocycles. The van der Waals surface area contributed by atoms with Gasteiger partial charge in [-0.05, 0) is 0 Å². The van der Waals surface area contributed by atoms with E-state index in [0.717, 1.165) is 25.7 Å². The molecule has 0 amide bonds. The molecule has 0 bridgehead atoms. The largest absolute Gasteiger partial charge is 2.00 e. The summed E-state index contributed by atoms with van der Waals surface area (Å²) in [6, 6.07) is 0. The fraction of sp³-hybridized carbons (Fsp3) is 0.833.